The lowest BCUT2D eigenvalue weighted by molar-refractivity contribution is 0.0930. The van der Waals surface area contributed by atoms with E-state index in [0.717, 1.165) is 5.56 Å². The van der Waals surface area contributed by atoms with Crippen LogP contribution in [0, 0.1) is 0 Å². The van der Waals surface area contributed by atoms with E-state index in [1.165, 1.54) is 0 Å². The number of benzene rings is 1. The van der Waals surface area contributed by atoms with Gasteiger partial charge in [0.15, 0.2) is 11.5 Å². The molecule has 1 heterocycles. The number of ether oxygens (including phenoxy) is 1. The zero-order chi connectivity index (χ0) is 14.5. The SMILES string of the molecule is COCc1cc(C(=O)NC(C)c2ccccc2N)no1. The third kappa shape index (κ3) is 3.16. The molecule has 0 aliphatic heterocycles. The van der Waals surface area contributed by atoms with Crippen molar-refractivity contribution in [2.45, 2.75) is 19.6 Å². The Morgan fingerprint density at radius 3 is 2.95 bits per heavy atom. The maximum atomic E-state index is 12.0. The first-order chi connectivity index (χ1) is 9.61. The van der Waals surface area contributed by atoms with E-state index < -0.39 is 0 Å². The largest absolute Gasteiger partial charge is 0.398 e. The fraction of sp³-hybridized carbons (Fsp3) is 0.286. The quantitative estimate of drug-likeness (QED) is 0.813. The summed E-state index contributed by atoms with van der Waals surface area (Å²) in [7, 11) is 1.54. The van der Waals surface area contributed by atoms with Crippen molar-refractivity contribution in [3.8, 4) is 0 Å². The summed E-state index contributed by atoms with van der Waals surface area (Å²) in [4.78, 5) is 12.0. The maximum Gasteiger partial charge on any atom is 0.273 e. The third-order valence-electron chi connectivity index (χ3n) is 2.89. The number of methoxy groups -OCH3 is 1. The maximum absolute atomic E-state index is 12.0. The summed E-state index contributed by atoms with van der Waals surface area (Å²) < 4.78 is 9.88. The van der Waals surface area contributed by atoms with Crippen molar-refractivity contribution in [1.29, 1.82) is 0 Å². The number of aromatic nitrogens is 1. The van der Waals surface area contributed by atoms with Gasteiger partial charge in [0.05, 0.1) is 6.04 Å². The highest BCUT2D eigenvalue weighted by molar-refractivity contribution is 5.92. The van der Waals surface area contributed by atoms with Gasteiger partial charge in [0, 0.05) is 18.9 Å². The summed E-state index contributed by atoms with van der Waals surface area (Å²) in [5.41, 5.74) is 7.60. The van der Waals surface area contributed by atoms with Crippen LogP contribution in [-0.2, 0) is 11.3 Å². The Labute approximate surface area is 116 Å². The molecule has 3 N–H and O–H groups in total. The Kier molecular flexibility index (Phi) is 4.37. The molecule has 0 spiro atoms. The topological polar surface area (TPSA) is 90.4 Å². The number of nitrogens with one attached hydrogen (secondary N) is 1. The molecule has 1 unspecified atom stereocenters. The molecule has 1 atom stereocenters. The smallest absolute Gasteiger partial charge is 0.273 e. The van der Waals surface area contributed by atoms with Gasteiger partial charge in [-0.3, -0.25) is 4.79 Å². The van der Waals surface area contributed by atoms with Gasteiger partial charge in [0.25, 0.3) is 5.91 Å². The van der Waals surface area contributed by atoms with Crippen LogP contribution in [0.5, 0.6) is 0 Å². The minimum atomic E-state index is -0.313. The van der Waals surface area contributed by atoms with Crippen LogP contribution in [0.3, 0.4) is 0 Å². The molecule has 0 bridgehead atoms. The molecule has 1 amide bonds. The lowest BCUT2D eigenvalue weighted by atomic mass is 10.1. The monoisotopic (exact) mass is 275 g/mol. The van der Waals surface area contributed by atoms with Gasteiger partial charge in [-0.15, -0.1) is 0 Å². The number of hydrogen-bond donors (Lipinski definition) is 2. The Bertz CT molecular complexity index is 595. The van der Waals surface area contributed by atoms with Crippen LogP contribution >= 0.6 is 0 Å². The van der Waals surface area contributed by atoms with Crippen molar-refractivity contribution in [3.63, 3.8) is 0 Å². The summed E-state index contributed by atoms with van der Waals surface area (Å²) in [5.74, 6) is 0.191. The van der Waals surface area contributed by atoms with E-state index in [0.29, 0.717) is 11.4 Å². The normalized spacial score (nSPS) is 12.1. The minimum Gasteiger partial charge on any atom is -0.398 e. The van der Waals surface area contributed by atoms with Crippen LogP contribution in [0.15, 0.2) is 34.9 Å². The lowest BCUT2D eigenvalue weighted by Crippen LogP contribution is -2.27. The predicted molar refractivity (Wildman–Crippen MR) is 74.0 cm³/mol. The van der Waals surface area contributed by atoms with E-state index in [1.807, 2.05) is 25.1 Å². The molecular formula is C14H17N3O3. The molecule has 0 aliphatic carbocycles. The molecule has 0 saturated carbocycles. The first-order valence-corrected chi connectivity index (χ1v) is 6.21. The van der Waals surface area contributed by atoms with Crippen LogP contribution in [0.4, 0.5) is 5.69 Å². The van der Waals surface area contributed by atoms with Crippen LogP contribution in [0.2, 0.25) is 0 Å². The number of rotatable bonds is 5. The van der Waals surface area contributed by atoms with E-state index in [9.17, 15) is 4.79 Å². The van der Waals surface area contributed by atoms with E-state index >= 15 is 0 Å². The van der Waals surface area contributed by atoms with Crippen molar-refractivity contribution >= 4 is 11.6 Å². The van der Waals surface area contributed by atoms with Gasteiger partial charge >= 0.3 is 0 Å². The average molecular weight is 275 g/mol. The molecule has 6 heteroatoms. The summed E-state index contributed by atoms with van der Waals surface area (Å²) >= 11 is 0. The zero-order valence-electron chi connectivity index (χ0n) is 11.4. The van der Waals surface area contributed by atoms with Gasteiger partial charge in [0.1, 0.15) is 6.61 Å². The zero-order valence-corrected chi connectivity index (χ0v) is 11.4. The van der Waals surface area contributed by atoms with Gasteiger partial charge in [-0.2, -0.15) is 0 Å². The van der Waals surface area contributed by atoms with Crippen molar-refractivity contribution in [2.24, 2.45) is 0 Å². The number of nitrogen functional groups attached to an aromatic ring is 1. The number of para-hydroxylation sites is 1. The fourth-order valence-corrected chi connectivity index (χ4v) is 1.88. The third-order valence-corrected chi connectivity index (χ3v) is 2.89. The highest BCUT2D eigenvalue weighted by Gasteiger charge is 2.16. The summed E-state index contributed by atoms with van der Waals surface area (Å²) in [5, 5.41) is 6.53. The first kappa shape index (κ1) is 14.1. The number of amides is 1. The molecule has 6 nitrogen and oxygen atoms in total. The molecule has 0 fully saturated rings. The minimum absolute atomic E-state index is 0.216. The second kappa shape index (κ2) is 6.21. The molecule has 2 rings (SSSR count). The summed E-state index contributed by atoms with van der Waals surface area (Å²) in [6.07, 6.45) is 0. The van der Waals surface area contributed by atoms with Crippen molar-refractivity contribution in [1.82, 2.24) is 10.5 Å². The summed E-state index contributed by atoms with van der Waals surface area (Å²) in [6.45, 7) is 2.14. The van der Waals surface area contributed by atoms with Gasteiger partial charge in [-0.05, 0) is 18.6 Å². The number of carbonyl (C=O) groups is 1. The van der Waals surface area contributed by atoms with Gasteiger partial charge < -0.3 is 20.3 Å². The summed E-state index contributed by atoms with van der Waals surface area (Å²) in [6, 6.07) is 8.74. The van der Waals surface area contributed by atoms with Crippen LogP contribution in [0.25, 0.3) is 0 Å². The number of nitrogens with zero attached hydrogens (tertiary/aromatic N) is 1. The molecule has 0 aliphatic rings. The fourth-order valence-electron chi connectivity index (χ4n) is 1.88. The highest BCUT2D eigenvalue weighted by atomic mass is 16.5. The first-order valence-electron chi connectivity index (χ1n) is 6.21. The van der Waals surface area contributed by atoms with Crippen LogP contribution in [0.1, 0.15) is 34.8 Å². The Balaban J connectivity index is 2.05. The lowest BCUT2D eigenvalue weighted by Gasteiger charge is -2.15. The van der Waals surface area contributed by atoms with Crippen molar-refractivity contribution in [3.05, 3.63) is 47.3 Å². The molecular weight excluding hydrogens is 258 g/mol. The highest BCUT2D eigenvalue weighted by Crippen LogP contribution is 2.19. The average Bonchev–Trinajstić information content (AvgIpc) is 2.88. The Morgan fingerprint density at radius 2 is 2.25 bits per heavy atom. The van der Waals surface area contributed by atoms with Gasteiger partial charge in [-0.1, -0.05) is 23.4 Å². The Hall–Kier alpha value is -2.34. The molecule has 2 aromatic rings. The number of anilines is 1. The van der Waals surface area contributed by atoms with E-state index in [2.05, 4.69) is 10.5 Å². The van der Waals surface area contributed by atoms with Crippen LogP contribution in [-0.4, -0.2) is 18.2 Å². The van der Waals surface area contributed by atoms with E-state index in [4.69, 9.17) is 15.0 Å². The number of nitrogens with two attached hydrogens (primary N) is 1. The predicted octanol–water partition coefficient (Wildman–Crippen LogP) is 1.89. The van der Waals surface area contributed by atoms with E-state index in [-0.39, 0.29) is 24.2 Å². The van der Waals surface area contributed by atoms with Crippen LogP contribution < -0.4 is 11.1 Å². The molecule has 20 heavy (non-hydrogen) atoms. The Morgan fingerprint density at radius 1 is 1.50 bits per heavy atom. The van der Waals surface area contributed by atoms with Crippen molar-refractivity contribution < 1.29 is 14.1 Å². The van der Waals surface area contributed by atoms with Crippen molar-refractivity contribution in [2.75, 3.05) is 12.8 Å². The standard InChI is InChI=1S/C14H17N3O3/c1-9(11-5-3-4-6-12(11)15)16-14(18)13-7-10(8-19-2)20-17-13/h3-7,9H,8,15H2,1-2H3,(H,16,18). The molecule has 0 saturated heterocycles. The number of hydrogen-bond acceptors (Lipinski definition) is 5. The second-order valence-corrected chi connectivity index (χ2v) is 4.44. The molecule has 1 aromatic heterocycles. The molecule has 106 valence electrons. The van der Waals surface area contributed by atoms with Gasteiger partial charge in [0.2, 0.25) is 0 Å². The molecule has 1 aromatic carbocycles. The van der Waals surface area contributed by atoms with Gasteiger partial charge in [-0.25, -0.2) is 0 Å². The molecule has 0 radical (unpaired) electrons. The number of carbonyl (C=O) groups excluding carboxylic acids is 1. The van der Waals surface area contributed by atoms with E-state index in [1.54, 1.807) is 19.2 Å². The second-order valence-electron chi connectivity index (χ2n) is 4.44.